The fraction of sp³-hybridized carbons (Fsp3) is 0.519. The van der Waals surface area contributed by atoms with Crippen LogP contribution in [0.2, 0.25) is 10.0 Å². The van der Waals surface area contributed by atoms with Crippen molar-refractivity contribution in [2.45, 2.75) is 71.0 Å². The van der Waals surface area contributed by atoms with Gasteiger partial charge in [-0.25, -0.2) is 0 Å². The summed E-state index contributed by atoms with van der Waals surface area (Å²) in [5.74, 6) is 1.10. The van der Waals surface area contributed by atoms with Gasteiger partial charge in [0, 0.05) is 30.2 Å². The molecule has 2 saturated heterocycles. The van der Waals surface area contributed by atoms with Gasteiger partial charge in [-0.2, -0.15) is 0 Å². The van der Waals surface area contributed by atoms with Crippen molar-refractivity contribution in [3.8, 4) is 0 Å². The van der Waals surface area contributed by atoms with Gasteiger partial charge in [-0.3, -0.25) is 9.69 Å². The molecule has 2 aliphatic heterocycles. The number of piperidine rings is 1. The molecule has 2 aromatic rings. The molecule has 0 radical (unpaired) electrons. The van der Waals surface area contributed by atoms with Gasteiger partial charge in [0.05, 0.1) is 10.0 Å². The van der Waals surface area contributed by atoms with E-state index in [0.29, 0.717) is 34.0 Å². The molecule has 3 nitrogen and oxygen atoms in total. The number of nitrogens with zero attached hydrogens (tertiary/aromatic N) is 1. The highest BCUT2D eigenvalue weighted by Gasteiger charge is 2.41. The van der Waals surface area contributed by atoms with Crippen LogP contribution in [0.5, 0.6) is 0 Å². The Kier molecular flexibility index (Phi) is 7.49. The number of amides is 1. The van der Waals surface area contributed by atoms with E-state index in [1.165, 1.54) is 36.8 Å². The van der Waals surface area contributed by atoms with Crippen LogP contribution in [0.3, 0.4) is 0 Å². The summed E-state index contributed by atoms with van der Waals surface area (Å²) in [6.07, 6.45) is 6.02. The zero-order valence-electron chi connectivity index (χ0n) is 19.3. The molecule has 5 heteroatoms. The van der Waals surface area contributed by atoms with Gasteiger partial charge in [-0.05, 0) is 80.7 Å². The summed E-state index contributed by atoms with van der Waals surface area (Å²) in [7, 11) is 0. The third-order valence-electron chi connectivity index (χ3n) is 7.33. The maximum absolute atomic E-state index is 12.8. The monoisotopic (exact) mass is 472 g/mol. The number of carbonyl (C=O) groups is 1. The first-order valence-corrected chi connectivity index (χ1v) is 12.6. The third-order valence-corrected chi connectivity index (χ3v) is 8.07. The predicted molar refractivity (Wildman–Crippen MR) is 134 cm³/mol. The summed E-state index contributed by atoms with van der Waals surface area (Å²) in [6.45, 7) is 7.39. The van der Waals surface area contributed by atoms with Gasteiger partial charge in [0.15, 0.2) is 0 Å². The van der Waals surface area contributed by atoms with E-state index in [-0.39, 0.29) is 11.9 Å². The van der Waals surface area contributed by atoms with Gasteiger partial charge >= 0.3 is 0 Å². The molecule has 1 N–H and O–H groups in total. The minimum Gasteiger partial charge on any atom is -0.348 e. The van der Waals surface area contributed by atoms with Crippen molar-refractivity contribution in [1.82, 2.24) is 10.2 Å². The van der Waals surface area contributed by atoms with Crippen LogP contribution in [-0.4, -0.2) is 35.5 Å². The maximum atomic E-state index is 12.8. The van der Waals surface area contributed by atoms with Crippen molar-refractivity contribution in [2.75, 3.05) is 6.54 Å². The van der Waals surface area contributed by atoms with Crippen LogP contribution in [-0.2, 0) is 6.42 Å². The van der Waals surface area contributed by atoms with E-state index < -0.39 is 0 Å². The molecule has 2 fully saturated rings. The van der Waals surface area contributed by atoms with Crippen molar-refractivity contribution in [1.29, 1.82) is 0 Å². The van der Waals surface area contributed by atoms with Crippen LogP contribution >= 0.6 is 23.2 Å². The average molecular weight is 473 g/mol. The quantitative estimate of drug-likeness (QED) is 0.495. The fourth-order valence-corrected chi connectivity index (χ4v) is 5.78. The first-order valence-electron chi connectivity index (χ1n) is 11.9. The van der Waals surface area contributed by atoms with E-state index in [4.69, 9.17) is 23.2 Å². The Bertz CT molecular complexity index is 929. The summed E-state index contributed by atoms with van der Waals surface area (Å²) in [4.78, 5) is 15.5. The summed E-state index contributed by atoms with van der Waals surface area (Å²) in [5.41, 5.74) is 3.19. The third kappa shape index (κ3) is 5.50. The number of rotatable bonds is 7. The van der Waals surface area contributed by atoms with Crippen molar-refractivity contribution in [2.24, 2.45) is 11.8 Å². The van der Waals surface area contributed by atoms with Crippen molar-refractivity contribution < 1.29 is 4.79 Å². The SMILES string of the molecule is Cc1ccc(C(=O)N[C@H](CN2[C@@H]3CC[C@H]2CC(Cc2ccc(Cl)c(Cl)c2)C3)C(C)C)cc1. The second kappa shape index (κ2) is 10.2. The normalized spacial score (nSPS) is 24.0. The summed E-state index contributed by atoms with van der Waals surface area (Å²) >= 11 is 12.3. The van der Waals surface area contributed by atoms with E-state index in [1.54, 1.807) is 0 Å². The molecule has 1 unspecified atom stereocenters. The maximum Gasteiger partial charge on any atom is 0.251 e. The first-order chi connectivity index (χ1) is 15.3. The molecule has 2 aliphatic rings. The molecule has 0 spiro atoms. The molecular weight excluding hydrogens is 439 g/mol. The Morgan fingerprint density at radius 2 is 1.69 bits per heavy atom. The largest absolute Gasteiger partial charge is 0.348 e. The Hall–Kier alpha value is -1.55. The zero-order chi connectivity index (χ0) is 22.8. The molecule has 0 aliphatic carbocycles. The summed E-state index contributed by atoms with van der Waals surface area (Å²) in [5, 5.41) is 4.59. The number of nitrogens with one attached hydrogen (secondary N) is 1. The molecule has 4 atom stereocenters. The number of aryl methyl sites for hydroxylation is 1. The molecule has 4 rings (SSSR count). The van der Waals surface area contributed by atoms with E-state index in [0.717, 1.165) is 18.5 Å². The first kappa shape index (κ1) is 23.6. The Labute approximate surface area is 202 Å². The Morgan fingerprint density at radius 3 is 2.28 bits per heavy atom. The minimum absolute atomic E-state index is 0.0329. The lowest BCUT2D eigenvalue weighted by molar-refractivity contribution is 0.0751. The van der Waals surface area contributed by atoms with Crippen LogP contribution in [0.1, 0.15) is 61.0 Å². The standard InChI is InChI=1S/C27H34Cl2N2O/c1-17(2)26(30-27(32)21-7-4-18(3)5-8-21)16-31-22-9-10-23(31)14-20(13-22)12-19-6-11-24(28)25(29)15-19/h4-8,11,15,17,20,22-23,26H,9-10,12-14,16H2,1-3H3,(H,30,32)/t20?,22-,23+,26-/m1/s1. The molecular formula is C27H34Cl2N2O. The lowest BCUT2D eigenvalue weighted by atomic mass is 9.85. The van der Waals surface area contributed by atoms with E-state index >= 15 is 0 Å². The summed E-state index contributed by atoms with van der Waals surface area (Å²) < 4.78 is 0. The van der Waals surface area contributed by atoms with Gasteiger partial charge in [0.2, 0.25) is 0 Å². The minimum atomic E-state index is 0.0329. The van der Waals surface area contributed by atoms with Crippen LogP contribution in [0, 0.1) is 18.8 Å². The second-order valence-corrected chi connectivity index (χ2v) is 10.9. The molecule has 2 heterocycles. The highest BCUT2D eigenvalue weighted by Crippen LogP contribution is 2.40. The molecule has 0 saturated carbocycles. The molecule has 172 valence electrons. The van der Waals surface area contributed by atoms with Crippen molar-refractivity contribution >= 4 is 29.1 Å². The highest BCUT2D eigenvalue weighted by atomic mass is 35.5. The van der Waals surface area contributed by atoms with Crippen LogP contribution < -0.4 is 5.32 Å². The van der Waals surface area contributed by atoms with Crippen molar-refractivity contribution in [3.63, 3.8) is 0 Å². The molecule has 2 aromatic carbocycles. The number of hydrogen-bond acceptors (Lipinski definition) is 2. The van der Waals surface area contributed by atoms with Gasteiger partial charge in [-0.15, -0.1) is 0 Å². The smallest absolute Gasteiger partial charge is 0.251 e. The average Bonchev–Trinajstić information content (AvgIpc) is 2.98. The lowest BCUT2D eigenvalue weighted by Crippen LogP contribution is -2.52. The van der Waals surface area contributed by atoms with Gasteiger partial charge in [-0.1, -0.05) is 60.8 Å². The Morgan fingerprint density at radius 1 is 1.03 bits per heavy atom. The topological polar surface area (TPSA) is 32.3 Å². The fourth-order valence-electron chi connectivity index (χ4n) is 5.46. The van der Waals surface area contributed by atoms with Gasteiger partial charge in [0.25, 0.3) is 5.91 Å². The van der Waals surface area contributed by atoms with Gasteiger partial charge in [0.1, 0.15) is 0 Å². The molecule has 32 heavy (non-hydrogen) atoms. The van der Waals surface area contributed by atoms with Crippen molar-refractivity contribution in [3.05, 3.63) is 69.2 Å². The van der Waals surface area contributed by atoms with E-state index in [2.05, 4.69) is 30.1 Å². The second-order valence-electron chi connectivity index (χ2n) is 10.1. The molecule has 1 amide bonds. The predicted octanol–water partition coefficient (Wildman–Crippen LogP) is 6.54. The molecule has 0 aromatic heterocycles. The number of hydrogen-bond donors (Lipinski definition) is 1. The van der Waals surface area contributed by atoms with Crippen LogP contribution in [0.4, 0.5) is 0 Å². The van der Waals surface area contributed by atoms with Crippen LogP contribution in [0.15, 0.2) is 42.5 Å². The lowest BCUT2D eigenvalue weighted by Gasteiger charge is -2.41. The Balaban J connectivity index is 1.37. The zero-order valence-corrected chi connectivity index (χ0v) is 20.8. The number of fused-ring (bicyclic) bond motifs is 2. The number of benzene rings is 2. The van der Waals surface area contributed by atoms with E-state index in [9.17, 15) is 4.79 Å². The van der Waals surface area contributed by atoms with E-state index in [1.807, 2.05) is 43.3 Å². The van der Waals surface area contributed by atoms with Gasteiger partial charge < -0.3 is 5.32 Å². The van der Waals surface area contributed by atoms with Crippen LogP contribution in [0.25, 0.3) is 0 Å². The summed E-state index contributed by atoms with van der Waals surface area (Å²) in [6, 6.07) is 15.2. The molecule has 2 bridgehead atoms. The number of halogens is 2. The number of carbonyl (C=O) groups excluding carboxylic acids is 1. The highest BCUT2D eigenvalue weighted by molar-refractivity contribution is 6.42.